The summed E-state index contributed by atoms with van der Waals surface area (Å²) >= 11 is 1.77. The average molecular weight is 493 g/mol. The Bertz CT molecular complexity index is 658. The third kappa shape index (κ3) is 7.58. The van der Waals surface area contributed by atoms with E-state index in [1.165, 1.54) is 0 Å². The second kappa shape index (κ2) is 11.5. The largest absolute Gasteiger partial charge is 0.469 e. The van der Waals surface area contributed by atoms with Crippen LogP contribution in [0.15, 0.2) is 40.2 Å². The molecule has 0 aliphatic carbocycles. The third-order valence-corrected chi connectivity index (χ3v) is 4.33. The molecule has 0 amide bonds. The van der Waals surface area contributed by atoms with Gasteiger partial charge in [-0.3, -0.25) is 4.68 Å². The molecule has 2 aromatic rings. The highest BCUT2D eigenvalue weighted by atomic mass is 127. The van der Waals surface area contributed by atoms with Crippen LogP contribution in [0.4, 0.5) is 0 Å². The maximum atomic E-state index is 10.7. The molecule has 1 unspecified atom stereocenters. The number of aryl methyl sites for hydroxylation is 1. The summed E-state index contributed by atoms with van der Waals surface area (Å²) in [6.45, 7) is 3.50. The molecule has 26 heavy (non-hydrogen) atoms. The molecule has 0 saturated heterocycles. The smallest absolute Gasteiger partial charge is 0.191 e. The van der Waals surface area contributed by atoms with Crippen LogP contribution in [0.5, 0.6) is 0 Å². The number of hydrogen-bond acceptors (Lipinski definition) is 5. The Labute approximate surface area is 176 Å². The van der Waals surface area contributed by atoms with Gasteiger partial charge in [-0.25, -0.2) is 4.99 Å². The highest BCUT2D eigenvalue weighted by Gasteiger charge is 2.24. The monoisotopic (exact) mass is 493 g/mol. The Hall–Kier alpha value is -1.20. The van der Waals surface area contributed by atoms with Gasteiger partial charge < -0.3 is 20.2 Å². The predicted octanol–water partition coefficient (Wildman–Crippen LogP) is 1.98. The lowest BCUT2D eigenvalue weighted by Gasteiger charge is -2.20. The Balaban J connectivity index is 0.00000338. The molecule has 0 saturated carbocycles. The SMILES string of the molecule is CSCCNC(=NCC(C)(O)c1cnn(C)c1)NCCc1ccco1.I. The summed E-state index contributed by atoms with van der Waals surface area (Å²) in [6, 6.07) is 3.83. The van der Waals surface area contributed by atoms with Crippen molar-refractivity contribution in [2.24, 2.45) is 12.0 Å². The van der Waals surface area contributed by atoms with Crippen LogP contribution in [-0.2, 0) is 19.1 Å². The second-order valence-electron chi connectivity index (χ2n) is 6.02. The summed E-state index contributed by atoms with van der Waals surface area (Å²) in [7, 11) is 1.83. The summed E-state index contributed by atoms with van der Waals surface area (Å²) in [5, 5.41) is 21.3. The normalized spacial score (nSPS) is 13.8. The van der Waals surface area contributed by atoms with Gasteiger partial charge in [0.2, 0.25) is 0 Å². The zero-order valence-corrected chi connectivity index (χ0v) is 18.6. The minimum Gasteiger partial charge on any atom is -0.469 e. The number of aromatic nitrogens is 2. The van der Waals surface area contributed by atoms with Gasteiger partial charge in [0, 0.05) is 44.1 Å². The first-order chi connectivity index (χ1) is 12.0. The van der Waals surface area contributed by atoms with Crippen LogP contribution in [0.1, 0.15) is 18.2 Å². The van der Waals surface area contributed by atoms with E-state index in [4.69, 9.17) is 4.42 Å². The molecule has 3 N–H and O–H groups in total. The number of hydrogen-bond donors (Lipinski definition) is 3. The van der Waals surface area contributed by atoms with Crippen molar-refractivity contribution >= 4 is 41.7 Å². The lowest BCUT2D eigenvalue weighted by atomic mass is 10.0. The topological polar surface area (TPSA) is 87.6 Å². The fraction of sp³-hybridized carbons (Fsp3) is 0.529. The Morgan fingerprint density at radius 1 is 1.42 bits per heavy atom. The van der Waals surface area contributed by atoms with E-state index in [9.17, 15) is 5.11 Å². The first kappa shape index (κ1) is 22.8. The van der Waals surface area contributed by atoms with Crippen LogP contribution in [0.3, 0.4) is 0 Å². The maximum Gasteiger partial charge on any atom is 0.191 e. The van der Waals surface area contributed by atoms with Crippen molar-refractivity contribution in [1.29, 1.82) is 0 Å². The van der Waals surface area contributed by atoms with Gasteiger partial charge in [0.05, 0.1) is 19.0 Å². The van der Waals surface area contributed by atoms with Gasteiger partial charge in [-0.15, -0.1) is 24.0 Å². The average Bonchev–Trinajstić information content (AvgIpc) is 3.24. The van der Waals surface area contributed by atoms with Gasteiger partial charge in [0.25, 0.3) is 0 Å². The number of halogens is 1. The fourth-order valence-electron chi connectivity index (χ4n) is 2.23. The number of thioether (sulfide) groups is 1. The molecule has 2 heterocycles. The van der Waals surface area contributed by atoms with Gasteiger partial charge in [0.1, 0.15) is 11.4 Å². The summed E-state index contributed by atoms with van der Waals surface area (Å²) in [4.78, 5) is 4.54. The minimum atomic E-state index is -1.07. The molecule has 2 aromatic heterocycles. The maximum absolute atomic E-state index is 10.7. The molecular formula is C17H28IN5O2S. The molecule has 9 heteroatoms. The van der Waals surface area contributed by atoms with Gasteiger partial charge >= 0.3 is 0 Å². The number of nitrogens with one attached hydrogen (secondary N) is 2. The minimum absolute atomic E-state index is 0. The third-order valence-electron chi connectivity index (χ3n) is 3.71. The van der Waals surface area contributed by atoms with E-state index < -0.39 is 5.60 Å². The number of furan rings is 1. The molecule has 0 bridgehead atoms. The zero-order chi connectivity index (χ0) is 18.1. The van der Waals surface area contributed by atoms with Gasteiger partial charge in [-0.1, -0.05) is 0 Å². The quantitative estimate of drug-likeness (QED) is 0.214. The molecule has 0 aliphatic heterocycles. The van der Waals surface area contributed by atoms with Crippen LogP contribution in [-0.4, -0.2) is 52.5 Å². The van der Waals surface area contributed by atoms with Gasteiger partial charge in [-0.05, 0) is 25.3 Å². The molecule has 1 atom stereocenters. The summed E-state index contributed by atoms with van der Waals surface area (Å²) in [6.07, 6.45) is 7.98. The van der Waals surface area contributed by atoms with Gasteiger partial charge in [0.15, 0.2) is 5.96 Å². The van der Waals surface area contributed by atoms with Crippen molar-refractivity contribution in [3.05, 3.63) is 42.1 Å². The molecule has 0 radical (unpaired) electrons. The van der Waals surface area contributed by atoms with Crippen molar-refractivity contribution in [2.75, 3.05) is 31.6 Å². The molecule has 0 fully saturated rings. The van der Waals surface area contributed by atoms with E-state index in [2.05, 4.69) is 27.0 Å². The standard InChI is InChI=1S/C17H27N5O2S.HI/c1-17(23,14-11-21-22(2)12-14)13-20-16(19-8-10-25-3)18-7-6-15-5-4-9-24-15;/h4-5,9,11-12,23H,6-8,10,13H2,1-3H3,(H2,18,19,20);1H. The molecule has 146 valence electrons. The molecular weight excluding hydrogens is 465 g/mol. The summed E-state index contributed by atoms with van der Waals surface area (Å²) < 4.78 is 7.01. The van der Waals surface area contributed by atoms with Crippen LogP contribution in [0, 0.1) is 0 Å². The van der Waals surface area contributed by atoms with E-state index in [0.29, 0.717) is 12.5 Å². The van der Waals surface area contributed by atoms with Crippen LogP contribution in [0.2, 0.25) is 0 Å². The number of guanidine groups is 1. The molecule has 0 aliphatic rings. The van der Waals surface area contributed by atoms with E-state index in [0.717, 1.165) is 30.0 Å². The fourth-order valence-corrected chi connectivity index (χ4v) is 2.53. The Morgan fingerprint density at radius 3 is 2.81 bits per heavy atom. The molecule has 7 nitrogen and oxygen atoms in total. The predicted molar refractivity (Wildman–Crippen MR) is 117 cm³/mol. The lowest BCUT2D eigenvalue weighted by molar-refractivity contribution is 0.0672. The van der Waals surface area contributed by atoms with E-state index in [1.54, 1.807) is 42.0 Å². The van der Waals surface area contributed by atoms with Crippen LogP contribution in [0.25, 0.3) is 0 Å². The van der Waals surface area contributed by atoms with E-state index in [1.807, 2.05) is 19.2 Å². The molecule has 2 rings (SSSR count). The first-order valence-electron chi connectivity index (χ1n) is 8.26. The number of nitrogens with zero attached hydrogens (tertiary/aromatic N) is 3. The Morgan fingerprint density at radius 2 is 2.19 bits per heavy atom. The summed E-state index contributed by atoms with van der Waals surface area (Å²) in [5.74, 6) is 2.60. The number of aliphatic hydroxyl groups is 1. The number of aliphatic imine (C=N–C) groups is 1. The first-order valence-corrected chi connectivity index (χ1v) is 9.65. The summed E-state index contributed by atoms with van der Waals surface area (Å²) in [5.41, 5.74) is -0.318. The second-order valence-corrected chi connectivity index (χ2v) is 7.00. The van der Waals surface area contributed by atoms with E-state index >= 15 is 0 Å². The zero-order valence-electron chi connectivity index (χ0n) is 15.4. The van der Waals surface area contributed by atoms with Crippen molar-refractivity contribution in [2.45, 2.75) is 18.9 Å². The van der Waals surface area contributed by atoms with E-state index in [-0.39, 0.29) is 30.5 Å². The highest BCUT2D eigenvalue weighted by molar-refractivity contribution is 14.0. The van der Waals surface area contributed by atoms with Crippen molar-refractivity contribution < 1.29 is 9.52 Å². The molecule has 0 spiro atoms. The Kier molecular flexibility index (Phi) is 10.1. The van der Waals surface area contributed by atoms with Gasteiger partial charge in [-0.2, -0.15) is 16.9 Å². The highest BCUT2D eigenvalue weighted by Crippen LogP contribution is 2.19. The van der Waals surface area contributed by atoms with Crippen LogP contribution < -0.4 is 10.6 Å². The van der Waals surface area contributed by atoms with Crippen LogP contribution >= 0.6 is 35.7 Å². The van der Waals surface area contributed by atoms with Crippen molar-refractivity contribution in [3.8, 4) is 0 Å². The van der Waals surface area contributed by atoms with Crippen molar-refractivity contribution in [1.82, 2.24) is 20.4 Å². The van der Waals surface area contributed by atoms with Crippen molar-refractivity contribution in [3.63, 3.8) is 0 Å². The lowest BCUT2D eigenvalue weighted by Crippen LogP contribution is -2.40. The molecule has 0 aromatic carbocycles. The number of rotatable bonds is 9.